The number of fused-ring (bicyclic) bond motifs is 6. The zero-order valence-corrected chi connectivity index (χ0v) is 21.1. The number of rotatable bonds is 3. The van der Waals surface area contributed by atoms with E-state index < -0.39 is 0 Å². The van der Waals surface area contributed by atoms with Gasteiger partial charge in [-0.3, -0.25) is 9.98 Å². The van der Waals surface area contributed by atoms with Crippen LogP contribution >= 0.6 is 0 Å². The van der Waals surface area contributed by atoms with E-state index in [1.54, 1.807) is 0 Å². The van der Waals surface area contributed by atoms with E-state index in [0.717, 1.165) is 28.0 Å². The first-order valence-electron chi connectivity index (χ1n) is 13.2. The van der Waals surface area contributed by atoms with Crippen molar-refractivity contribution in [3.8, 4) is 16.9 Å². The Labute approximate surface area is 225 Å². The second kappa shape index (κ2) is 8.67. The highest BCUT2D eigenvalue weighted by Crippen LogP contribution is 2.38. The monoisotopic (exact) mass is 500 g/mol. The van der Waals surface area contributed by atoms with E-state index in [4.69, 9.17) is 4.99 Å². The van der Waals surface area contributed by atoms with Gasteiger partial charge in [0.25, 0.3) is 0 Å². The molecule has 1 aliphatic rings. The molecule has 1 atom stereocenters. The first-order valence-corrected chi connectivity index (χ1v) is 13.2. The molecule has 4 heterocycles. The quantitative estimate of drug-likeness (QED) is 0.239. The summed E-state index contributed by atoms with van der Waals surface area (Å²) in [6.07, 6.45) is 11.9. The molecular weight excluding hydrogens is 476 g/mol. The van der Waals surface area contributed by atoms with Crippen LogP contribution < -0.4 is 0 Å². The Morgan fingerprint density at radius 1 is 0.564 bits per heavy atom. The summed E-state index contributed by atoms with van der Waals surface area (Å²) in [4.78, 5) is 9.46. The molecule has 1 aliphatic heterocycles. The topological polar surface area (TPSA) is 35.1 Å². The van der Waals surface area contributed by atoms with Gasteiger partial charge >= 0.3 is 0 Å². The second-order valence-corrected chi connectivity index (χ2v) is 9.87. The SMILES string of the molecule is C1=CC=NC(n2c3ccccc3c3ccc(-n4c5ccccc5c5ccc(-c6ccccn6)cc54)cc32)C=C1. The number of hydrogen-bond donors (Lipinski definition) is 0. The summed E-state index contributed by atoms with van der Waals surface area (Å²) in [6, 6.07) is 36.8. The Bertz CT molecular complexity index is 2110. The molecule has 0 bridgehead atoms. The van der Waals surface area contributed by atoms with Crippen molar-refractivity contribution in [1.29, 1.82) is 0 Å². The molecule has 0 spiro atoms. The number of allylic oxidation sites excluding steroid dienone is 3. The van der Waals surface area contributed by atoms with E-state index in [1.165, 1.54) is 32.6 Å². The largest absolute Gasteiger partial charge is 0.314 e. The van der Waals surface area contributed by atoms with E-state index in [9.17, 15) is 0 Å². The van der Waals surface area contributed by atoms with Crippen LogP contribution in [0.25, 0.3) is 60.6 Å². The Morgan fingerprint density at radius 3 is 2.18 bits per heavy atom. The van der Waals surface area contributed by atoms with Crippen molar-refractivity contribution in [1.82, 2.24) is 14.1 Å². The summed E-state index contributed by atoms with van der Waals surface area (Å²) in [5, 5.41) is 4.93. The Kier molecular flexibility index (Phi) is 4.85. The van der Waals surface area contributed by atoms with Gasteiger partial charge in [-0.1, -0.05) is 72.8 Å². The van der Waals surface area contributed by atoms with Crippen LogP contribution in [0.5, 0.6) is 0 Å². The minimum absolute atomic E-state index is 0.119. The maximum atomic E-state index is 4.85. The molecule has 4 nitrogen and oxygen atoms in total. The summed E-state index contributed by atoms with van der Waals surface area (Å²) >= 11 is 0. The van der Waals surface area contributed by atoms with Gasteiger partial charge in [-0.05, 0) is 54.6 Å². The van der Waals surface area contributed by atoms with E-state index in [1.807, 2.05) is 36.7 Å². The fraction of sp³-hybridized carbons (Fsp3) is 0.0286. The van der Waals surface area contributed by atoms with Gasteiger partial charge in [0.15, 0.2) is 0 Å². The zero-order chi connectivity index (χ0) is 25.8. The highest BCUT2D eigenvalue weighted by atomic mass is 15.1. The molecule has 4 aromatic carbocycles. The lowest BCUT2D eigenvalue weighted by atomic mass is 10.1. The van der Waals surface area contributed by atoms with Crippen LogP contribution in [-0.4, -0.2) is 20.3 Å². The molecule has 184 valence electrons. The summed E-state index contributed by atoms with van der Waals surface area (Å²) in [5.74, 6) is 0. The van der Waals surface area contributed by atoms with Crippen molar-refractivity contribution in [3.63, 3.8) is 0 Å². The molecule has 4 heteroatoms. The van der Waals surface area contributed by atoms with Crippen molar-refractivity contribution in [3.05, 3.63) is 134 Å². The van der Waals surface area contributed by atoms with E-state index in [0.29, 0.717) is 0 Å². The summed E-state index contributed by atoms with van der Waals surface area (Å²) in [5.41, 5.74) is 7.89. The Balaban J connectivity index is 1.43. The third-order valence-electron chi connectivity index (χ3n) is 7.68. The lowest BCUT2D eigenvalue weighted by Gasteiger charge is -2.15. The number of aliphatic imine (C=N–C) groups is 1. The maximum absolute atomic E-state index is 4.85. The van der Waals surface area contributed by atoms with Gasteiger partial charge in [0.1, 0.15) is 6.17 Å². The molecule has 0 saturated heterocycles. The Hall–Kier alpha value is -5.22. The van der Waals surface area contributed by atoms with Crippen molar-refractivity contribution >= 4 is 49.8 Å². The van der Waals surface area contributed by atoms with E-state index in [-0.39, 0.29) is 6.17 Å². The molecule has 8 rings (SSSR count). The number of benzene rings is 4. The zero-order valence-electron chi connectivity index (χ0n) is 21.1. The Morgan fingerprint density at radius 2 is 1.31 bits per heavy atom. The van der Waals surface area contributed by atoms with Gasteiger partial charge in [-0.2, -0.15) is 0 Å². The van der Waals surface area contributed by atoms with Crippen molar-refractivity contribution in [2.75, 3.05) is 0 Å². The second-order valence-electron chi connectivity index (χ2n) is 9.87. The van der Waals surface area contributed by atoms with Gasteiger partial charge in [-0.15, -0.1) is 0 Å². The lowest BCUT2D eigenvalue weighted by molar-refractivity contribution is 0.683. The van der Waals surface area contributed by atoms with Gasteiger partial charge in [0, 0.05) is 45.2 Å². The average Bonchev–Trinajstić information content (AvgIpc) is 3.35. The molecule has 0 radical (unpaired) electrons. The molecule has 3 aromatic heterocycles. The van der Waals surface area contributed by atoms with Crippen LogP contribution in [0.3, 0.4) is 0 Å². The van der Waals surface area contributed by atoms with Crippen molar-refractivity contribution in [2.24, 2.45) is 4.99 Å². The molecule has 0 aliphatic carbocycles. The molecular formula is C35H24N4. The standard InChI is InChI=1S/C35H24N4/c1-2-15-35(37-21-8-1)39-32-14-6-4-11-27(32)29-19-17-25(23-34(29)39)38-31-13-5-3-10-26(31)28-18-16-24(22-33(28)38)30-12-7-9-20-36-30/h1-23,35H. The fourth-order valence-corrected chi connectivity index (χ4v) is 5.97. The van der Waals surface area contributed by atoms with Gasteiger partial charge in [0.05, 0.1) is 27.8 Å². The van der Waals surface area contributed by atoms with E-state index >= 15 is 0 Å². The lowest BCUT2D eigenvalue weighted by Crippen LogP contribution is -2.04. The minimum Gasteiger partial charge on any atom is -0.314 e. The first-order chi connectivity index (χ1) is 19.4. The molecule has 39 heavy (non-hydrogen) atoms. The molecule has 1 unspecified atom stereocenters. The number of para-hydroxylation sites is 2. The highest BCUT2D eigenvalue weighted by molar-refractivity contribution is 6.12. The highest BCUT2D eigenvalue weighted by Gasteiger charge is 2.18. The van der Waals surface area contributed by atoms with Crippen molar-refractivity contribution in [2.45, 2.75) is 6.17 Å². The van der Waals surface area contributed by atoms with Crippen LogP contribution in [-0.2, 0) is 0 Å². The van der Waals surface area contributed by atoms with Crippen LogP contribution in [0.2, 0.25) is 0 Å². The number of aromatic nitrogens is 3. The molecule has 0 amide bonds. The fourth-order valence-electron chi connectivity index (χ4n) is 5.97. The van der Waals surface area contributed by atoms with Crippen LogP contribution in [0.4, 0.5) is 0 Å². The maximum Gasteiger partial charge on any atom is 0.144 e. The summed E-state index contributed by atoms with van der Waals surface area (Å²) in [7, 11) is 0. The average molecular weight is 501 g/mol. The third kappa shape index (κ3) is 3.39. The van der Waals surface area contributed by atoms with Crippen LogP contribution in [0.1, 0.15) is 6.17 Å². The van der Waals surface area contributed by atoms with E-state index in [2.05, 4.69) is 117 Å². The van der Waals surface area contributed by atoms with Gasteiger partial charge < -0.3 is 9.13 Å². The van der Waals surface area contributed by atoms with Crippen LogP contribution in [0, 0.1) is 0 Å². The normalized spacial score (nSPS) is 15.1. The summed E-state index contributed by atoms with van der Waals surface area (Å²) < 4.78 is 4.73. The van der Waals surface area contributed by atoms with Crippen LogP contribution in [0.15, 0.2) is 139 Å². The molecule has 0 fully saturated rings. The van der Waals surface area contributed by atoms with Crippen molar-refractivity contribution < 1.29 is 0 Å². The molecule has 0 saturated carbocycles. The van der Waals surface area contributed by atoms with Gasteiger partial charge in [0.2, 0.25) is 0 Å². The predicted octanol–water partition coefficient (Wildman–Crippen LogP) is 8.65. The molecule has 7 aromatic rings. The number of hydrogen-bond acceptors (Lipinski definition) is 2. The smallest absolute Gasteiger partial charge is 0.144 e. The summed E-state index contributed by atoms with van der Waals surface area (Å²) in [6.45, 7) is 0. The predicted molar refractivity (Wildman–Crippen MR) is 163 cm³/mol. The van der Waals surface area contributed by atoms with Gasteiger partial charge in [-0.25, -0.2) is 0 Å². The first kappa shape index (κ1) is 21.8. The third-order valence-corrected chi connectivity index (χ3v) is 7.68. The number of pyridine rings is 1. The minimum atomic E-state index is -0.119. The molecule has 0 N–H and O–H groups in total. The number of nitrogens with zero attached hydrogens (tertiary/aromatic N) is 4.